The Balaban J connectivity index is 1.65. The van der Waals surface area contributed by atoms with Crippen LogP contribution in [0, 0.1) is 0 Å². The summed E-state index contributed by atoms with van der Waals surface area (Å²) < 4.78 is 0. The molecular weight excluding hydrogens is 390 g/mol. The molecule has 0 atom stereocenters. The minimum absolute atomic E-state index is 0.442. The maximum Gasteiger partial charge on any atom is 0.251 e. The molecule has 28 heavy (non-hydrogen) atoms. The lowest BCUT2D eigenvalue weighted by Gasteiger charge is -2.30. The second-order valence-corrected chi connectivity index (χ2v) is 7.80. The molecule has 0 saturated heterocycles. The van der Waals surface area contributed by atoms with E-state index in [-0.39, 0.29) is 0 Å². The fourth-order valence-corrected chi connectivity index (χ4v) is 4.44. The van der Waals surface area contributed by atoms with E-state index >= 15 is 0 Å². The first-order valence-electron chi connectivity index (χ1n) is 8.82. The average molecular weight is 408 g/mol. The number of aromatic nitrogens is 1. The lowest BCUT2D eigenvalue weighted by molar-refractivity contribution is -0.114. The largest absolute Gasteiger partial charge is 0.366 e. The van der Waals surface area contributed by atoms with E-state index in [1.54, 1.807) is 17.8 Å². The number of para-hydroxylation sites is 1. The van der Waals surface area contributed by atoms with Gasteiger partial charge in [-0.3, -0.25) is 9.78 Å². The zero-order chi connectivity index (χ0) is 19.5. The number of anilines is 1. The highest BCUT2D eigenvalue weighted by atomic mass is 35.5. The van der Waals surface area contributed by atoms with Gasteiger partial charge >= 0.3 is 0 Å². The van der Waals surface area contributed by atoms with Crippen LogP contribution >= 0.6 is 23.4 Å². The number of primary amides is 1. The van der Waals surface area contributed by atoms with Crippen LogP contribution in [0.4, 0.5) is 5.69 Å². The van der Waals surface area contributed by atoms with Gasteiger partial charge in [0.1, 0.15) is 0 Å². The molecule has 0 saturated carbocycles. The minimum atomic E-state index is -0.442. The zero-order valence-corrected chi connectivity index (χ0v) is 16.6. The van der Waals surface area contributed by atoms with Crippen LogP contribution in [0.5, 0.6) is 0 Å². The van der Waals surface area contributed by atoms with Gasteiger partial charge in [-0.25, -0.2) is 0 Å². The first-order chi connectivity index (χ1) is 13.6. The fourth-order valence-electron chi connectivity index (χ4n) is 3.13. The topological polar surface area (TPSA) is 59.2 Å². The molecule has 4 rings (SSSR count). The van der Waals surface area contributed by atoms with Crippen molar-refractivity contribution < 1.29 is 4.79 Å². The van der Waals surface area contributed by atoms with Gasteiger partial charge in [-0.05, 0) is 42.0 Å². The maximum atomic E-state index is 12.0. The van der Waals surface area contributed by atoms with Crippen molar-refractivity contribution in [1.82, 2.24) is 4.98 Å². The number of carbonyl (C=O) groups is 1. The third-order valence-electron chi connectivity index (χ3n) is 4.46. The number of thioether (sulfide) groups is 1. The molecule has 0 unspecified atom stereocenters. The normalized spacial score (nSPS) is 14.0. The summed E-state index contributed by atoms with van der Waals surface area (Å²) in [6.45, 7) is 0.648. The van der Waals surface area contributed by atoms with Crippen LogP contribution in [-0.4, -0.2) is 17.4 Å². The Kier molecular flexibility index (Phi) is 5.37. The molecule has 140 valence electrons. The van der Waals surface area contributed by atoms with E-state index in [0.717, 1.165) is 27.2 Å². The van der Waals surface area contributed by atoms with Crippen LogP contribution in [0.1, 0.15) is 5.56 Å². The number of carbonyl (C=O) groups excluding carboxylic acids is 1. The summed E-state index contributed by atoms with van der Waals surface area (Å²) in [6.07, 6.45) is 5.61. The molecule has 0 aliphatic carbocycles. The van der Waals surface area contributed by atoms with Gasteiger partial charge in [0, 0.05) is 34.6 Å². The quantitative estimate of drug-likeness (QED) is 0.653. The van der Waals surface area contributed by atoms with E-state index in [1.165, 1.54) is 0 Å². The molecule has 1 aliphatic heterocycles. The summed E-state index contributed by atoms with van der Waals surface area (Å²) in [5.74, 6) is 0.233. The summed E-state index contributed by atoms with van der Waals surface area (Å²) in [7, 11) is 0. The zero-order valence-electron chi connectivity index (χ0n) is 15.0. The molecule has 2 aromatic carbocycles. The van der Waals surface area contributed by atoms with E-state index in [2.05, 4.69) is 16.0 Å². The molecule has 0 spiro atoms. The van der Waals surface area contributed by atoms with E-state index in [9.17, 15) is 4.79 Å². The number of benzene rings is 2. The van der Waals surface area contributed by atoms with Gasteiger partial charge in [0.2, 0.25) is 0 Å². The van der Waals surface area contributed by atoms with Crippen molar-refractivity contribution in [2.75, 3.05) is 11.4 Å². The molecule has 0 bridgehead atoms. The summed E-state index contributed by atoms with van der Waals surface area (Å²) in [5, 5.41) is 2.57. The van der Waals surface area contributed by atoms with Gasteiger partial charge in [-0.15, -0.1) is 11.8 Å². The van der Waals surface area contributed by atoms with Gasteiger partial charge in [-0.2, -0.15) is 0 Å². The predicted octanol–water partition coefficient (Wildman–Crippen LogP) is 4.89. The lowest BCUT2D eigenvalue weighted by Crippen LogP contribution is -2.29. The molecule has 1 aliphatic rings. The van der Waals surface area contributed by atoms with Gasteiger partial charge in [0.25, 0.3) is 5.91 Å². The number of hydrogen-bond donors (Lipinski definition) is 1. The summed E-state index contributed by atoms with van der Waals surface area (Å²) in [5.41, 5.74) is 9.13. The van der Waals surface area contributed by atoms with Crippen LogP contribution < -0.4 is 10.6 Å². The Labute approximate surface area is 172 Å². The smallest absolute Gasteiger partial charge is 0.251 e. The second kappa shape index (κ2) is 8.09. The molecule has 6 heteroatoms. The van der Waals surface area contributed by atoms with Crippen molar-refractivity contribution in [2.45, 2.75) is 5.75 Å². The monoisotopic (exact) mass is 407 g/mol. The molecule has 1 amide bonds. The highest BCUT2D eigenvalue weighted by molar-refractivity contribution is 8.02. The van der Waals surface area contributed by atoms with E-state index < -0.39 is 5.91 Å². The molecule has 0 radical (unpaired) electrons. The van der Waals surface area contributed by atoms with Crippen LogP contribution in [0.2, 0.25) is 5.02 Å². The van der Waals surface area contributed by atoms with Gasteiger partial charge in [-0.1, -0.05) is 41.9 Å². The van der Waals surface area contributed by atoms with Crippen molar-refractivity contribution in [3.8, 4) is 0 Å². The van der Waals surface area contributed by atoms with Gasteiger partial charge in [0.15, 0.2) is 0 Å². The Hall–Kier alpha value is -2.76. The highest BCUT2D eigenvalue weighted by Crippen LogP contribution is 2.35. The lowest BCUT2D eigenvalue weighted by atomic mass is 10.1. The maximum absolute atomic E-state index is 12.0. The number of amides is 1. The van der Waals surface area contributed by atoms with Crippen molar-refractivity contribution in [1.29, 1.82) is 0 Å². The number of halogens is 1. The Morgan fingerprint density at radius 3 is 2.86 bits per heavy atom. The number of fused-ring (bicyclic) bond motifs is 1. The molecule has 3 aromatic rings. The Morgan fingerprint density at radius 2 is 2.04 bits per heavy atom. The van der Waals surface area contributed by atoms with Gasteiger partial charge < -0.3 is 10.6 Å². The van der Waals surface area contributed by atoms with Crippen molar-refractivity contribution >= 4 is 45.9 Å². The van der Waals surface area contributed by atoms with Crippen molar-refractivity contribution in [3.63, 3.8) is 0 Å². The van der Waals surface area contributed by atoms with Gasteiger partial charge in [0.05, 0.1) is 16.1 Å². The first kappa shape index (κ1) is 18.6. The van der Waals surface area contributed by atoms with Crippen LogP contribution in [0.25, 0.3) is 10.9 Å². The number of nitrogens with zero attached hydrogens (tertiary/aromatic N) is 2. The summed E-state index contributed by atoms with van der Waals surface area (Å²) in [4.78, 5) is 18.6. The number of hydrogen-bond acceptors (Lipinski definition) is 4. The predicted molar refractivity (Wildman–Crippen MR) is 117 cm³/mol. The minimum Gasteiger partial charge on any atom is -0.366 e. The van der Waals surface area contributed by atoms with E-state index in [1.807, 2.05) is 60.8 Å². The Morgan fingerprint density at radius 1 is 1.18 bits per heavy atom. The molecule has 4 nitrogen and oxygen atoms in total. The van der Waals surface area contributed by atoms with E-state index in [0.29, 0.717) is 22.9 Å². The van der Waals surface area contributed by atoms with Crippen molar-refractivity contribution in [2.24, 2.45) is 5.73 Å². The Bertz CT molecular complexity index is 1110. The van der Waals surface area contributed by atoms with Crippen LogP contribution in [-0.2, 0) is 10.5 Å². The molecule has 2 heterocycles. The molecule has 2 N–H and O–H groups in total. The van der Waals surface area contributed by atoms with E-state index in [4.69, 9.17) is 17.3 Å². The number of rotatable bonds is 5. The third-order valence-corrected chi connectivity index (χ3v) is 5.88. The first-order valence-corrected chi connectivity index (χ1v) is 10.2. The SMILES string of the molecule is NC(=O)C1=C(SCc2cnc3ccccc3c2)N(c2cccc(Cl)c2)CC=C1. The number of pyridine rings is 1. The highest BCUT2D eigenvalue weighted by Gasteiger charge is 2.22. The van der Waals surface area contributed by atoms with Crippen LogP contribution in [0.3, 0.4) is 0 Å². The fraction of sp³-hybridized carbons (Fsp3) is 0.0909. The molecular formula is C22H18ClN3OS. The summed E-state index contributed by atoms with van der Waals surface area (Å²) >= 11 is 7.75. The third kappa shape index (κ3) is 3.91. The number of nitrogens with two attached hydrogens (primary N) is 1. The molecule has 0 fully saturated rings. The van der Waals surface area contributed by atoms with Crippen LogP contribution in [0.15, 0.2) is 83.5 Å². The molecule has 1 aromatic heterocycles. The van der Waals surface area contributed by atoms with Crippen molar-refractivity contribution in [3.05, 3.63) is 94.1 Å². The standard InChI is InChI=1S/C22H18ClN3OS/c23-17-6-3-7-18(12-17)26-10-4-8-19(21(24)27)22(26)28-14-15-11-16-5-1-2-9-20(16)25-13-15/h1-9,11-13H,10,14H2,(H2,24,27). The average Bonchev–Trinajstić information content (AvgIpc) is 2.71. The second-order valence-electron chi connectivity index (χ2n) is 6.40. The summed E-state index contributed by atoms with van der Waals surface area (Å²) in [6, 6.07) is 17.7.